The molecule has 0 aromatic heterocycles. The van der Waals surface area contributed by atoms with Crippen LogP contribution >= 0.6 is 0 Å². The first-order chi connectivity index (χ1) is 14.3. The van der Waals surface area contributed by atoms with Gasteiger partial charge in [-0.3, -0.25) is 9.69 Å². The average Bonchev–Trinajstić information content (AvgIpc) is 3.21. The Hall–Kier alpha value is -2.71. The molecule has 3 aromatic rings. The molecule has 146 valence electrons. The minimum absolute atomic E-state index is 0.0907. The van der Waals surface area contributed by atoms with Crippen LogP contribution in [0.25, 0.3) is 0 Å². The van der Waals surface area contributed by atoms with E-state index in [1.54, 1.807) is 0 Å². The highest BCUT2D eigenvalue weighted by molar-refractivity contribution is 5.84. The molecule has 1 heterocycles. The number of likely N-dealkylation sites (tertiary alicyclic amines) is 1. The summed E-state index contributed by atoms with van der Waals surface area (Å²) in [6, 6.07) is 32.4. The predicted molar refractivity (Wildman–Crippen MR) is 117 cm³/mol. The third-order valence-electron chi connectivity index (χ3n) is 7.03. The van der Waals surface area contributed by atoms with Gasteiger partial charge in [0.15, 0.2) is 0 Å². The first-order valence-corrected chi connectivity index (χ1v) is 10.7. The molecule has 2 fully saturated rings. The van der Waals surface area contributed by atoms with Crippen molar-refractivity contribution in [1.82, 2.24) is 4.90 Å². The first-order valence-electron chi connectivity index (χ1n) is 10.7. The summed E-state index contributed by atoms with van der Waals surface area (Å²) in [5.41, 5.74) is 3.95. The minimum Gasteiger partial charge on any atom is -0.299 e. The van der Waals surface area contributed by atoms with Crippen molar-refractivity contribution < 1.29 is 4.79 Å². The van der Waals surface area contributed by atoms with Crippen LogP contribution < -0.4 is 0 Å². The second kappa shape index (κ2) is 7.61. The first kappa shape index (κ1) is 18.3. The van der Waals surface area contributed by atoms with Gasteiger partial charge in [-0.1, -0.05) is 91.0 Å². The lowest BCUT2D eigenvalue weighted by molar-refractivity contribution is -0.126. The molecule has 0 bridgehead atoms. The molecule has 0 spiro atoms. The van der Waals surface area contributed by atoms with Crippen LogP contribution in [0.4, 0.5) is 0 Å². The third-order valence-corrected chi connectivity index (χ3v) is 7.03. The van der Waals surface area contributed by atoms with Crippen LogP contribution in [0, 0.1) is 11.8 Å². The highest BCUT2D eigenvalue weighted by Crippen LogP contribution is 2.52. The van der Waals surface area contributed by atoms with Gasteiger partial charge in [0, 0.05) is 37.4 Å². The molecule has 2 nitrogen and oxygen atoms in total. The summed E-state index contributed by atoms with van der Waals surface area (Å²) in [6.45, 7) is 2.76. The fourth-order valence-corrected chi connectivity index (χ4v) is 5.73. The Labute approximate surface area is 173 Å². The topological polar surface area (TPSA) is 20.3 Å². The summed E-state index contributed by atoms with van der Waals surface area (Å²) >= 11 is 0. The Morgan fingerprint density at radius 3 is 1.90 bits per heavy atom. The molecular weight excluding hydrogens is 354 g/mol. The van der Waals surface area contributed by atoms with E-state index in [0.717, 1.165) is 26.1 Å². The Morgan fingerprint density at radius 1 is 0.759 bits per heavy atom. The van der Waals surface area contributed by atoms with Crippen LogP contribution in [0.2, 0.25) is 0 Å². The van der Waals surface area contributed by atoms with Crippen molar-refractivity contribution in [1.29, 1.82) is 0 Å². The average molecular weight is 382 g/mol. The minimum atomic E-state index is -0.0907. The maximum absolute atomic E-state index is 13.0. The summed E-state index contributed by atoms with van der Waals surface area (Å²) in [5.74, 6) is 0.887. The third kappa shape index (κ3) is 3.22. The number of fused-ring (bicyclic) bond motifs is 1. The number of nitrogens with zero attached hydrogens (tertiary/aromatic N) is 1. The molecule has 1 saturated heterocycles. The zero-order valence-corrected chi connectivity index (χ0v) is 16.7. The maximum Gasteiger partial charge on any atom is 0.137 e. The highest BCUT2D eigenvalue weighted by Gasteiger charge is 2.54. The summed E-state index contributed by atoms with van der Waals surface area (Å²) in [4.78, 5) is 15.5. The molecule has 1 aliphatic carbocycles. The van der Waals surface area contributed by atoms with E-state index in [9.17, 15) is 4.79 Å². The summed E-state index contributed by atoms with van der Waals surface area (Å²) in [6.07, 6.45) is 1.57. The van der Waals surface area contributed by atoms with Gasteiger partial charge in [-0.15, -0.1) is 0 Å². The Balaban J connectivity index is 1.56. The second-order valence-electron chi connectivity index (χ2n) is 8.56. The fourth-order valence-electron chi connectivity index (χ4n) is 5.73. The van der Waals surface area contributed by atoms with Gasteiger partial charge in [0.25, 0.3) is 0 Å². The zero-order chi connectivity index (χ0) is 19.7. The van der Waals surface area contributed by atoms with Crippen molar-refractivity contribution in [2.75, 3.05) is 13.1 Å². The van der Waals surface area contributed by atoms with Gasteiger partial charge in [-0.2, -0.15) is 0 Å². The normalized spacial score (nSPS) is 23.7. The number of hydrogen-bond acceptors (Lipinski definition) is 2. The van der Waals surface area contributed by atoms with E-state index >= 15 is 0 Å². The largest absolute Gasteiger partial charge is 0.299 e. The van der Waals surface area contributed by atoms with E-state index < -0.39 is 0 Å². The molecule has 3 aromatic carbocycles. The molecule has 29 heavy (non-hydrogen) atoms. The van der Waals surface area contributed by atoms with Gasteiger partial charge in [0.2, 0.25) is 0 Å². The predicted octanol–water partition coefficient (Wildman–Crippen LogP) is 5.08. The zero-order valence-electron chi connectivity index (χ0n) is 16.7. The molecule has 1 saturated carbocycles. The Kier molecular flexibility index (Phi) is 4.81. The Morgan fingerprint density at radius 2 is 1.31 bits per heavy atom. The fraction of sp³-hybridized carbons (Fsp3) is 0.296. The molecule has 1 aliphatic heterocycles. The van der Waals surface area contributed by atoms with Gasteiger partial charge < -0.3 is 0 Å². The van der Waals surface area contributed by atoms with Gasteiger partial charge in [-0.05, 0) is 29.0 Å². The van der Waals surface area contributed by atoms with Crippen molar-refractivity contribution in [3.63, 3.8) is 0 Å². The van der Waals surface area contributed by atoms with Crippen LogP contribution in [0.15, 0.2) is 91.0 Å². The molecular formula is C27H27NO. The number of hydrogen-bond donors (Lipinski definition) is 0. The quantitative estimate of drug-likeness (QED) is 0.628. The van der Waals surface area contributed by atoms with Gasteiger partial charge in [0.1, 0.15) is 5.78 Å². The summed E-state index contributed by atoms with van der Waals surface area (Å²) < 4.78 is 0. The smallest absolute Gasteiger partial charge is 0.137 e. The molecule has 2 atom stereocenters. The molecule has 2 heteroatoms. The lowest BCUT2D eigenvalue weighted by Crippen LogP contribution is -2.47. The van der Waals surface area contributed by atoms with E-state index in [4.69, 9.17) is 0 Å². The number of carbonyl (C=O) groups excluding carboxylic acids is 1. The van der Waals surface area contributed by atoms with E-state index in [2.05, 4.69) is 95.9 Å². The van der Waals surface area contributed by atoms with E-state index in [-0.39, 0.29) is 11.3 Å². The number of ketones is 1. The van der Waals surface area contributed by atoms with E-state index in [1.807, 2.05) is 0 Å². The van der Waals surface area contributed by atoms with Crippen LogP contribution in [0.3, 0.4) is 0 Å². The van der Waals surface area contributed by atoms with Gasteiger partial charge >= 0.3 is 0 Å². The monoisotopic (exact) mass is 381 g/mol. The van der Waals surface area contributed by atoms with Crippen LogP contribution in [-0.2, 0) is 16.8 Å². The highest BCUT2D eigenvalue weighted by atomic mass is 16.1. The molecule has 0 radical (unpaired) electrons. The van der Waals surface area contributed by atoms with Crippen molar-refractivity contribution in [2.24, 2.45) is 11.8 Å². The summed E-state index contributed by atoms with van der Waals surface area (Å²) in [7, 11) is 0. The molecule has 5 rings (SSSR count). The van der Waals surface area contributed by atoms with Crippen molar-refractivity contribution in [2.45, 2.75) is 24.8 Å². The molecule has 0 amide bonds. The number of benzene rings is 3. The second-order valence-corrected chi connectivity index (χ2v) is 8.56. The number of carbonyl (C=O) groups is 1. The van der Waals surface area contributed by atoms with E-state index in [0.29, 0.717) is 18.1 Å². The molecule has 2 aliphatic rings. The molecule has 0 N–H and O–H groups in total. The Bertz CT molecular complexity index is 928. The standard InChI is InChI=1S/C27H27NO/c29-26-16-17-27(22-12-6-2-7-13-22,23-14-8-3-9-15-23)25-20-28(19-24(25)26)18-21-10-4-1-5-11-21/h1-15,24-25H,16-20H2. The van der Waals surface area contributed by atoms with Crippen LogP contribution in [0.5, 0.6) is 0 Å². The maximum atomic E-state index is 13.0. The SMILES string of the molecule is O=C1CCC(c2ccccc2)(c2ccccc2)C2CN(Cc3ccccc3)CC12. The van der Waals surface area contributed by atoms with Crippen molar-refractivity contribution in [3.8, 4) is 0 Å². The van der Waals surface area contributed by atoms with Crippen molar-refractivity contribution >= 4 is 5.78 Å². The van der Waals surface area contributed by atoms with Crippen LogP contribution in [0.1, 0.15) is 29.5 Å². The van der Waals surface area contributed by atoms with Gasteiger partial charge in [-0.25, -0.2) is 0 Å². The number of rotatable bonds is 4. The number of Topliss-reactive ketones (excluding diaryl/α,β-unsaturated/α-hetero) is 1. The van der Waals surface area contributed by atoms with Crippen molar-refractivity contribution in [3.05, 3.63) is 108 Å². The van der Waals surface area contributed by atoms with Gasteiger partial charge in [0.05, 0.1) is 0 Å². The summed E-state index contributed by atoms with van der Waals surface area (Å²) in [5, 5.41) is 0. The van der Waals surface area contributed by atoms with Crippen LogP contribution in [-0.4, -0.2) is 23.8 Å². The lowest BCUT2D eigenvalue weighted by atomic mass is 9.56. The van der Waals surface area contributed by atoms with E-state index in [1.165, 1.54) is 16.7 Å². The molecule has 2 unspecified atom stereocenters. The lowest BCUT2D eigenvalue weighted by Gasteiger charge is -2.46.